The maximum atomic E-state index is 13.0. The molecule has 1 fully saturated rings. The molecular weight excluding hydrogens is 366 g/mol. The van der Waals surface area contributed by atoms with E-state index in [0.29, 0.717) is 42.2 Å². The van der Waals surface area contributed by atoms with E-state index in [9.17, 15) is 13.2 Å². The first-order chi connectivity index (χ1) is 12.8. The van der Waals surface area contributed by atoms with E-state index in [0.717, 1.165) is 16.8 Å². The summed E-state index contributed by atoms with van der Waals surface area (Å²) in [5.74, 6) is -0.480. The summed E-state index contributed by atoms with van der Waals surface area (Å²) in [6, 6.07) is 10.9. The second-order valence-corrected chi connectivity index (χ2v) is 8.76. The molecular formula is C19H21N3O4S. The lowest BCUT2D eigenvalue weighted by atomic mass is 10.2. The van der Waals surface area contributed by atoms with Crippen molar-refractivity contribution in [3.63, 3.8) is 0 Å². The van der Waals surface area contributed by atoms with Crippen LogP contribution in [0.25, 0.3) is 11.1 Å². The van der Waals surface area contributed by atoms with Crippen LogP contribution in [0.1, 0.15) is 11.1 Å². The number of piperazine rings is 1. The molecule has 1 N–H and O–H groups in total. The van der Waals surface area contributed by atoms with Crippen LogP contribution in [0.15, 0.2) is 50.5 Å². The number of aromatic amines is 1. The van der Waals surface area contributed by atoms with E-state index in [1.807, 2.05) is 38.1 Å². The highest BCUT2D eigenvalue weighted by atomic mass is 32.2. The molecule has 1 aliphatic rings. The molecule has 0 aliphatic carbocycles. The molecule has 2 heterocycles. The summed E-state index contributed by atoms with van der Waals surface area (Å²) in [6.45, 7) is 5.74. The molecule has 4 rings (SSSR count). The summed E-state index contributed by atoms with van der Waals surface area (Å²) >= 11 is 0. The van der Waals surface area contributed by atoms with Crippen molar-refractivity contribution in [2.75, 3.05) is 31.1 Å². The molecule has 3 aromatic rings. The average Bonchev–Trinajstić information content (AvgIpc) is 3.00. The van der Waals surface area contributed by atoms with E-state index in [4.69, 9.17) is 4.42 Å². The van der Waals surface area contributed by atoms with Gasteiger partial charge in [-0.05, 0) is 37.6 Å². The van der Waals surface area contributed by atoms with Gasteiger partial charge in [0.1, 0.15) is 0 Å². The second kappa shape index (κ2) is 6.54. The Bertz CT molecular complexity index is 1160. The Labute approximate surface area is 157 Å². The second-order valence-electron chi connectivity index (χ2n) is 6.86. The van der Waals surface area contributed by atoms with E-state index >= 15 is 0 Å². The molecule has 0 bridgehead atoms. The van der Waals surface area contributed by atoms with E-state index < -0.39 is 15.8 Å². The average molecular weight is 387 g/mol. The number of aromatic nitrogens is 1. The number of rotatable bonds is 3. The minimum Gasteiger partial charge on any atom is -0.408 e. The van der Waals surface area contributed by atoms with Crippen molar-refractivity contribution < 1.29 is 12.8 Å². The third-order valence-electron chi connectivity index (χ3n) is 4.96. The van der Waals surface area contributed by atoms with Crippen molar-refractivity contribution in [2.45, 2.75) is 18.7 Å². The SMILES string of the molecule is Cc1ccc(S(=O)(=O)N2CCN(c3ccc4[nH]c(=O)oc4c3)CC2)c(C)c1. The molecule has 1 saturated heterocycles. The third kappa shape index (κ3) is 3.26. The molecule has 2 aromatic carbocycles. The molecule has 0 spiro atoms. The fourth-order valence-electron chi connectivity index (χ4n) is 3.55. The van der Waals surface area contributed by atoms with Gasteiger partial charge in [-0.15, -0.1) is 0 Å². The Hall–Kier alpha value is -2.58. The van der Waals surface area contributed by atoms with Crippen LogP contribution in [-0.4, -0.2) is 43.9 Å². The van der Waals surface area contributed by atoms with Crippen LogP contribution in [0, 0.1) is 13.8 Å². The highest BCUT2D eigenvalue weighted by Gasteiger charge is 2.29. The topological polar surface area (TPSA) is 86.6 Å². The van der Waals surface area contributed by atoms with Gasteiger partial charge in [0.05, 0.1) is 10.4 Å². The van der Waals surface area contributed by atoms with Gasteiger partial charge in [-0.25, -0.2) is 13.2 Å². The number of hydrogen-bond acceptors (Lipinski definition) is 5. The summed E-state index contributed by atoms with van der Waals surface area (Å²) < 4.78 is 32.6. The van der Waals surface area contributed by atoms with E-state index in [1.54, 1.807) is 12.1 Å². The van der Waals surface area contributed by atoms with Crippen LogP contribution in [0.3, 0.4) is 0 Å². The Balaban J connectivity index is 1.53. The van der Waals surface area contributed by atoms with Crippen LogP contribution < -0.4 is 10.7 Å². The van der Waals surface area contributed by atoms with Crippen LogP contribution in [-0.2, 0) is 10.0 Å². The molecule has 0 unspecified atom stereocenters. The number of benzene rings is 2. The maximum Gasteiger partial charge on any atom is 0.417 e. The largest absolute Gasteiger partial charge is 0.417 e. The number of fused-ring (bicyclic) bond motifs is 1. The molecule has 1 aromatic heterocycles. The number of aryl methyl sites for hydroxylation is 2. The Morgan fingerprint density at radius 3 is 2.44 bits per heavy atom. The van der Waals surface area contributed by atoms with E-state index in [-0.39, 0.29) is 0 Å². The number of nitrogens with one attached hydrogen (secondary N) is 1. The van der Waals surface area contributed by atoms with Crippen LogP contribution >= 0.6 is 0 Å². The third-order valence-corrected chi connectivity index (χ3v) is 7.02. The lowest BCUT2D eigenvalue weighted by Gasteiger charge is -2.35. The van der Waals surface area contributed by atoms with Crippen molar-refractivity contribution in [3.05, 3.63) is 58.1 Å². The van der Waals surface area contributed by atoms with Gasteiger partial charge in [-0.2, -0.15) is 4.31 Å². The predicted molar refractivity (Wildman–Crippen MR) is 104 cm³/mol. The fraction of sp³-hybridized carbons (Fsp3) is 0.316. The van der Waals surface area contributed by atoms with Gasteiger partial charge in [0.2, 0.25) is 10.0 Å². The minimum atomic E-state index is -3.50. The van der Waals surface area contributed by atoms with Crippen molar-refractivity contribution in [1.82, 2.24) is 9.29 Å². The zero-order chi connectivity index (χ0) is 19.2. The molecule has 0 saturated carbocycles. The summed E-state index contributed by atoms with van der Waals surface area (Å²) in [7, 11) is -3.50. The molecule has 27 heavy (non-hydrogen) atoms. The highest BCUT2D eigenvalue weighted by molar-refractivity contribution is 7.89. The van der Waals surface area contributed by atoms with Gasteiger partial charge in [0.15, 0.2) is 5.58 Å². The number of oxazole rings is 1. The lowest BCUT2D eigenvalue weighted by molar-refractivity contribution is 0.384. The highest BCUT2D eigenvalue weighted by Crippen LogP contribution is 2.25. The summed E-state index contributed by atoms with van der Waals surface area (Å²) in [5, 5.41) is 0. The zero-order valence-electron chi connectivity index (χ0n) is 15.2. The predicted octanol–water partition coefficient (Wildman–Crippen LogP) is 2.25. The maximum absolute atomic E-state index is 13.0. The Kier molecular flexibility index (Phi) is 4.32. The molecule has 0 atom stereocenters. The molecule has 1 aliphatic heterocycles. The fourth-order valence-corrected chi connectivity index (χ4v) is 5.17. The van der Waals surface area contributed by atoms with Crippen molar-refractivity contribution in [3.8, 4) is 0 Å². The van der Waals surface area contributed by atoms with Crippen molar-refractivity contribution in [2.24, 2.45) is 0 Å². The summed E-state index contributed by atoms with van der Waals surface area (Å²) in [4.78, 5) is 16.4. The van der Waals surface area contributed by atoms with E-state index in [2.05, 4.69) is 9.88 Å². The van der Waals surface area contributed by atoms with Gasteiger partial charge in [-0.1, -0.05) is 17.7 Å². The van der Waals surface area contributed by atoms with Gasteiger partial charge < -0.3 is 9.32 Å². The number of hydrogen-bond donors (Lipinski definition) is 1. The van der Waals surface area contributed by atoms with Crippen molar-refractivity contribution in [1.29, 1.82) is 0 Å². The molecule has 142 valence electrons. The lowest BCUT2D eigenvalue weighted by Crippen LogP contribution is -2.48. The summed E-state index contributed by atoms with van der Waals surface area (Å²) in [6.07, 6.45) is 0. The first kappa shape index (κ1) is 17.8. The molecule has 8 heteroatoms. The van der Waals surface area contributed by atoms with Crippen LogP contribution in [0.4, 0.5) is 5.69 Å². The molecule has 0 amide bonds. The van der Waals surface area contributed by atoms with Gasteiger partial charge >= 0.3 is 5.76 Å². The number of H-pyrrole nitrogens is 1. The van der Waals surface area contributed by atoms with Gasteiger partial charge in [0, 0.05) is 37.9 Å². The first-order valence-corrected chi connectivity index (χ1v) is 10.2. The molecule has 0 radical (unpaired) electrons. The number of sulfonamides is 1. The van der Waals surface area contributed by atoms with Crippen molar-refractivity contribution >= 4 is 26.8 Å². The zero-order valence-corrected chi connectivity index (χ0v) is 16.0. The van der Waals surface area contributed by atoms with Gasteiger partial charge in [-0.3, -0.25) is 4.98 Å². The monoisotopic (exact) mass is 387 g/mol. The summed E-state index contributed by atoms with van der Waals surface area (Å²) in [5.41, 5.74) is 3.88. The van der Waals surface area contributed by atoms with Crippen LogP contribution in [0.2, 0.25) is 0 Å². The van der Waals surface area contributed by atoms with Crippen LogP contribution in [0.5, 0.6) is 0 Å². The number of anilines is 1. The normalized spacial score (nSPS) is 16.1. The number of nitrogens with zero attached hydrogens (tertiary/aromatic N) is 2. The van der Waals surface area contributed by atoms with Gasteiger partial charge in [0.25, 0.3) is 0 Å². The first-order valence-electron chi connectivity index (χ1n) is 8.80. The quantitative estimate of drug-likeness (QED) is 0.745. The minimum absolute atomic E-state index is 0.372. The smallest absolute Gasteiger partial charge is 0.408 e. The standard InChI is InChI=1S/C19H21N3O4S/c1-13-3-6-18(14(2)11-13)27(24,25)22-9-7-21(8-10-22)15-4-5-16-17(12-15)26-19(23)20-16/h3-6,11-12H,7-10H2,1-2H3,(H,20,23). The van der Waals surface area contributed by atoms with E-state index in [1.165, 1.54) is 4.31 Å². The molecule has 7 nitrogen and oxygen atoms in total. The Morgan fingerprint density at radius 1 is 1.00 bits per heavy atom. The Morgan fingerprint density at radius 2 is 1.74 bits per heavy atom.